The van der Waals surface area contributed by atoms with Crippen molar-refractivity contribution in [1.29, 1.82) is 0 Å². The van der Waals surface area contributed by atoms with Crippen molar-refractivity contribution in [2.45, 2.75) is 107 Å². The van der Waals surface area contributed by atoms with E-state index in [0.717, 1.165) is 10.9 Å². The van der Waals surface area contributed by atoms with Gasteiger partial charge >= 0.3 is 0 Å². The van der Waals surface area contributed by atoms with E-state index < -0.39 is 96.0 Å². The van der Waals surface area contributed by atoms with Gasteiger partial charge in [-0.2, -0.15) is 0 Å². The van der Waals surface area contributed by atoms with E-state index in [1.807, 2.05) is 24.3 Å². The number of nitrogens with two attached hydrogens (primary N) is 2. The van der Waals surface area contributed by atoms with Gasteiger partial charge in [0.05, 0.1) is 18.6 Å². The number of aromatic amines is 2. The van der Waals surface area contributed by atoms with Crippen LogP contribution in [0.15, 0.2) is 73.3 Å². The summed E-state index contributed by atoms with van der Waals surface area (Å²) in [6, 6.07) is 8.49. The van der Waals surface area contributed by atoms with E-state index in [4.69, 9.17) is 11.5 Å². The second-order valence-corrected chi connectivity index (χ2v) is 16.6. The molecule has 0 spiro atoms. The number of fused-ring (bicyclic) bond motifs is 1. The van der Waals surface area contributed by atoms with Gasteiger partial charge in [-0.25, -0.2) is 4.98 Å². The molecular formula is C46H61N13O9. The Morgan fingerprint density at radius 3 is 2.19 bits per heavy atom. The molecule has 22 nitrogen and oxygen atoms in total. The quantitative estimate of drug-likeness (QED) is 0.0631. The average molecular weight is 940 g/mol. The van der Waals surface area contributed by atoms with Crippen LogP contribution in [0.25, 0.3) is 10.9 Å². The Morgan fingerprint density at radius 1 is 0.765 bits per heavy atom. The highest BCUT2D eigenvalue weighted by Crippen LogP contribution is 2.19. The Hall–Kier alpha value is -7.62. The zero-order valence-corrected chi connectivity index (χ0v) is 37.9. The number of carbonyl (C=O) groups is 9. The average Bonchev–Trinajstić information content (AvgIpc) is 3.99. The number of para-hydroxylation sites is 1. The van der Waals surface area contributed by atoms with Crippen LogP contribution in [0.4, 0.5) is 0 Å². The molecule has 0 aliphatic carbocycles. The van der Waals surface area contributed by atoms with Gasteiger partial charge in [0.2, 0.25) is 53.2 Å². The minimum atomic E-state index is -1.36. The van der Waals surface area contributed by atoms with Crippen LogP contribution in [-0.2, 0) is 62.4 Å². The Labute approximate surface area is 392 Å². The second-order valence-electron chi connectivity index (χ2n) is 16.6. The van der Waals surface area contributed by atoms with Gasteiger partial charge in [-0.3, -0.25) is 43.2 Å². The SMILES string of the molecule is CC(=O)N[C@@H](CCCCN)C(=O)NC1CCCNC(=O)CCC(C(N)=O)NC(=O)[C@H](Cc2c[nH]c3ccccc23)NC(=O)CNC(=O)C(Cc2ccccc2)NC(=O)[C@H](Cc2c[nH]cn2)NC1=O. The summed E-state index contributed by atoms with van der Waals surface area (Å²) in [6.45, 7) is 0.977. The van der Waals surface area contributed by atoms with Crippen LogP contribution in [0.3, 0.4) is 0 Å². The van der Waals surface area contributed by atoms with Crippen molar-refractivity contribution in [3.63, 3.8) is 0 Å². The molecule has 14 N–H and O–H groups in total. The molecule has 0 saturated carbocycles. The molecule has 0 radical (unpaired) electrons. The number of amides is 9. The molecule has 68 heavy (non-hydrogen) atoms. The summed E-state index contributed by atoms with van der Waals surface area (Å²) in [5.74, 6) is -6.50. The minimum Gasteiger partial charge on any atom is -0.368 e. The number of primary amides is 1. The maximum atomic E-state index is 14.3. The van der Waals surface area contributed by atoms with E-state index in [0.29, 0.717) is 36.2 Å². The van der Waals surface area contributed by atoms with E-state index in [1.165, 1.54) is 19.4 Å². The lowest BCUT2D eigenvalue weighted by Gasteiger charge is -2.26. The van der Waals surface area contributed by atoms with Crippen LogP contribution in [0.2, 0.25) is 0 Å². The molecular weight excluding hydrogens is 879 g/mol. The molecule has 2 aromatic carbocycles. The number of H-pyrrole nitrogens is 2. The van der Waals surface area contributed by atoms with Crippen molar-refractivity contribution >= 4 is 64.1 Å². The lowest BCUT2D eigenvalue weighted by atomic mass is 10.0. The van der Waals surface area contributed by atoms with Gasteiger partial charge in [0.1, 0.15) is 36.3 Å². The Morgan fingerprint density at radius 2 is 1.47 bits per heavy atom. The Bertz CT molecular complexity index is 2370. The Kier molecular flexibility index (Phi) is 19.6. The van der Waals surface area contributed by atoms with Gasteiger partial charge in [0, 0.05) is 62.4 Å². The zero-order chi connectivity index (χ0) is 49.0. The number of nitrogens with one attached hydrogen (secondary N) is 10. The smallest absolute Gasteiger partial charge is 0.243 e. The van der Waals surface area contributed by atoms with Crippen molar-refractivity contribution in [1.82, 2.24) is 57.5 Å². The summed E-state index contributed by atoms with van der Waals surface area (Å²) in [6.07, 6.45) is 5.28. The van der Waals surface area contributed by atoms with Crippen molar-refractivity contribution in [3.05, 3.63) is 90.1 Å². The van der Waals surface area contributed by atoms with Crippen LogP contribution >= 0.6 is 0 Å². The first-order valence-corrected chi connectivity index (χ1v) is 22.6. The summed E-state index contributed by atoms with van der Waals surface area (Å²) in [7, 11) is 0. The van der Waals surface area contributed by atoms with E-state index in [9.17, 15) is 43.2 Å². The van der Waals surface area contributed by atoms with E-state index >= 15 is 0 Å². The first-order valence-electron chi connectivity index (χ1n) is 22.6. The molecule has 3 heterocycles. The highest BCUT2D eigenvalue weighted by atomic mass is 16.2. The summed E-state index contributed by atoms with van der Waals surface area (Å²) < 4.78 is 0. The first-order chi connectivity index (χ1) is 32.7. The number of benzene rings is 2. The molecule has 2 aromatic heterocycles. The van der Waals surface area contributed by atoms with Gasteiger partial charge in [-0.1, -0.05) is 48.5 Å². The van der Waals surface area contributed by atoms with Gasteiger partial charge in [-0.05, 0) is 62.3 Å². The van der Waals surface area contributed by atoms with Crippen molar-refractivity contribution in [3.8, 4) is 0 Å². The van der Waals surface area contributed by atoms with Gasteiger partial charge in [0.25, 0.3) is 0 Å². The third kappa shape index (κ3) is 16.1. The fourth-order valence-corrected chi connectivity index (χ4v) is 7.69. The molecule has 0 bridgehead atoms. The van der Waals surface area contributed by atoms with Gasteiger partial charge < -0.3 is 64.0 Å². The lowest BCUT2D eigenvalue weighted by Crippen LogP contribution is -2.59. The summed E-state index contributed by atoms with van der Waals surface area (Å²) >= 11 is 0. The largest absolute Gasteiger partial charge is 0.368 e. The number of aromatic nitrogens is 3. The molecule has 1 saturated heterocycles. The van der Waals surface area contributed by atoms with Crippen molar-refractivity contribution in [2.24, 2.45) is 11.5 Å². The monoisotopic (exact) mass is 939 g/mol. The maximum Gasteiger partial charge on any atom is 0.243 e. The second kappa shape index (κ2) is 25.9. The van der Waals surface area contributed by atoms with E-state index in [2.05, 4.69) is 57.5 Å². The highest BCUT2D eigenvalue weighted by Gasteiger charge is 2.33. The Balaban J connectivity index is 1.46. The molecule has 22 heteroatoms. The minimum absolute atomic E-state index is 0.00386. The van der Waals surface area contributed by atoms with E-state index in [1.54, 1.807) is 36.5 Å². The zero-order valence-electron chi connectivity index (χ0n) is 37.9. The van der Waals surface area contributed by atoms with Gasteiger partial charge in [-0.15, -0.1) is 0 Å². The molecule has 6 atom stereocenters. The van der Waals surface area contributed by atoms with Crippen LogP contribution < -0.4 is 54.0 Å². The molecule has 1 fully saturated rings. The van der Waals surface area contributed by atoms with E-state index in [-0.39, 0.29) is 57.9 Å². The molecule has 364 valence electrons. The number of nitrogens with zero attached hydrogens (tertiary/aromatic N) is 1. The summed E-state index contributed by atoms with van der Waals surface area (Å²) in [4.78, 5) is 132. The number of rotatable bonds is 14. The predicted molar refractivity (Wildman–Crippen MR) is 248 cm³/mol. The molecule has 9 amide bonds. The predicted octanol–water partition coefficient (Wildman–Crippen LogP) is -1.73. The highest BCUT2D eigenvalue weighted by molar-refractivity contribution is 5.97. The number of unbranched alkanes of at least 4 members (excludes halogenated alkanes) is 1. The van der Waals surface area contributed by atoms with Crippen LogP contribution in [0.5, 0.6) is 0 Å². The number of carbonyl (C=O) groups excluding carboxylic acids is 9. The normalized spacial score (nSPS) is 21.2. The first kappa shape index (κ1) is 51.4. The third-order valence-electron chi connectivity index (χ3n) is 11.3. The van der Waals surface area contributed by atoms with Crippen LogP contribution in [0, 0.1) is 0 Å². The fraction of sp³-hybridized carbons (Fsp3) is 0.435. The molecule has 1 aliphatic rings. The maximum absolute atomic E-state index is 14.3. The molecule has 4 aromatic rings. The molecule has 5 rings (SSSR count). The van der Waals surface area contributed by atoms with Crippen LogP contribution in [0.1, 0.15) is 68.7 Å². The fourth-order valence-electron chi connectivity index (χ4n) is 7.69. The number of hydrogen-bond acceptors (Lipinski definition) is 11. The molecule has 3 unspecified atom stereocenters. The summed E-state index contributed by atoms with van der Waals surface area (Å²) in [5, 5.41) is 22.0. The standard InChI is InChI=1S/C46H61N13O9/c1-27(60)54-34(14-7-8-18-47)43(65)57-35-15-9-19-50-39(61)17-16-33(41(48)63)56-45(67)37(21-29-23-51-32-13-6-5-12-31(29)32)55-40(62)25-52-42(64)36(20-28-10-3-2-4-11-28)58-46(68)38(59-44(35)66)22-30-24-49-26-53-30/h2-6,10-13,23-24,26,33-38,51H,7-9,14-22,25,47H2,1H3,(H2,48,63)(H,49,53)(H,50,61)(H,52,64)(H,54,60)(H,55,62)(H,56,67)(H,57,65)(H,58,68)(H,59,66)/t33?,34-,35?,36?,37-,38-/m0/s1. The van der Waals surface area contributed by atoms with Gasteiger partial charge in [0.15, 0.2) is 0 Å². The summed E-state index contributed by atoms with van der Waals surface area (Å²) in [5.41, 5.74) is 13.8. The number of hydrogen-bond donors (Lipinski definition) is 12. The third-order valence-corrected chi connectivity index (χ3v) is 11.3. The lowest BCUT2D eigenvalue weighted by molar-refractivity contribution is -0.135. The van der Waals surface area contributed by atoms with Crippen LogP contribution in [-0.4, -0.2) is 124 Å². The van der Waals surface area contributed by atoms with Crippen molar-refractivity contribution in [2.75, 3.05) is 19.6 Å². The number of imidazole rings is 1. The van der Waals surface area contributed by atoms with Crippen molar-refractivity contribution < 1.29 is 43.2 Å². The topological polar surface area (TPSA) is 346 Å². The molecule has 1 aliphatic heterocycles.